The number of methoxy groups -OCH3 is 1. The van der Waals surface area contributed by atoms with Crippen LogP contribution in [0.3, 0.4) is 0 Å². The molecular formula is C27H30O14. The lowest BCUT2D eigenvalue weighted by molar-refractivity contribution is -0.289. The first-order chi connectivity index (χ1) is 19.6. The number of aromatic hydroxyl groups is 1. The summed E-state index contributed by atoms with van der Waals surface area (Å²) in [5.41, 5.74) is -1.54. The van der Waals surface area contributed by atoms with Gasteiger partial charge >= 0.3 is 0 Å². The van der Waals surface area contributed by atoms with Crippen LogP contribution in [-0.2, 0) is 14.2 Å². The van der Waals surface area contributed by atoms with Crippen LogP contribution in [0.1, 0.15) is 0 Å². The van der Waals surface area contributed by atoms with Gasteiger partial charge in [-0.3, -0.25) is 4.79 Å². The zero-order valence-electron chi connectivity index (χ0n) is 21.7. The van der Waals surface area contributed by atoms with Gasteiger partial charge in [0.2, 0.25) is 6.29 Å². The van der Waals surface area contributed by atoms with Crippen LogP contribution in [0.2, 0.25) is 0 Å². The van der Waals surface area contributed by atoms with Crippen LogP contribution in [0.25, 0.3) is 22.1 Å². The highest BCUT2D eigenvalue weighted by molar-refractivity contribution is 5.83. The van der Waals surface area contributed by atoms with Crippen LogP contribution >= 0.6 is 0 Å². The first kappa shape index (κ1) is 29.2. The fourth-order valence-electron chi connectivity index (χ4n) is 4.65. The molecule has 2 aromatic carbocycles. The molecule has 14 heteroatoms. The fraction of sp³-hybridized carbons (Fsp3) is 0.444. The van der Waals surface area contributed by atoms with Crippen LogP contribution in [0.4, 0.5) is 0 Å². The van der Waals surface area contributed by atoms with Crippen molar-refractivity contribution in [3.63, 3.8) is 0 Å². The lowest BCUT2D eigenvalue weighted by atomic mass is 9.99. The number of ether oxygens (including phenoxy) is 5. The Morgan fingerprint density at radius 1 is 1.02 bits per heavy atom. The average Bonchev–Trinajstić information content (AvgIpc) is 3.26. The number of hydrogen-bond acceptors (Lipinski definition) is 14. The topological polar surface area (TPSA) is 218 Å². The molecular weight excluding hydrogens is 548 g/mol. The Kier molecular flexibility index (Phi) is 8.20. The molecule has 0 saturated carbocycles. The van der Waals surface area contributed by atoms with E-state index in [1.54, 1.807) is 6.07 Å². The quantitative estimate of drug-likeness (QED) is 0.167. The molecule has 222 valence electrons. The van der Waals surface area contributed by atoms with E-state index in [9.17, 15) is 40.5 Å². The number of aliphatic hydroxyl groups excluding tert-OH is 5. The molecule has 0 unspecified atom stereocenters. The summed E-state index contributed by atoms with van der Waals surface area (Å²) < 4.78 is 32.5. The van der Waals surface area contributed by atoms with Crippen LogP contribution in [-0.4, -0.2) is 111 Å². The molecule has 1 aromatic heterocycles. The van der Waals surface area contributed by atoms with Gasteiger partial charge in [-0.2, -0.15) is 0 Å². The first-order valence-corrected chi connectivity index (χ1v) is 12.6. The van der Waals surface area contributed by atoms with Crippen molar-refractivity contribution < 1.29 is 63.8 Å². The number of benzene rings is 2. The molecule has 0 aliphatic carbocycles. The summed E-state index contributed by atoms with van der Waals surface area (Å²) in [7, 11) is 1.41. The Labute approximate surface area is 232 Å². The normalized spacial score (nSPS) is 31.8. The largest absolute Gasteiger partial charge is 0.504 e. The summed E-state index contributed by atoms with van der Waals surface area (Å²) >= 11 is 0. The molecule has 14 nitrogen and oxygen atoms in total. The molecule has 7 N–H and O–H groups in total. The number of aliphatic hydroxyl groups is 6. The van der Waals surface area contributed by atoms with Gasteiger partial charge < -0.3 is 63.8 Å². The Morgan fingerprint density at radius 2 is 1.80 bits per heavy atom. The zero-order valence-corrected chi connectivity index (χ0v) is 21.7. The summed E-state index contributed by atoms with van der Waals surface area (Å²) in [6.07, 6.45) is -9.43. The van der Waals surface area contributed by atoms with Gasteiger partial charge in [0.1, 0.15) is 53.7 Å². The summed E-state index contributed by atoms with van der Waals surface area (Å²) in [4.78, 5) is 13.1. The number of phenols is 1. The standard InChI is InChI=1S/C27H30O14/c1-36-17-5-2-12(6-16(17)29)15-8-37-18-7-13(3-4-14(18)20(15)30)40-25-23(33)22(32)21(31)19(41-25)9-38-26-24(34)27(35,10-28)11-39-26/h2-8,19,21-26,28-29,31-35H,9-11H2,1H3/t19-,21-,22+,23-,24+,25-,26-,27+/m1/s1. The van der Waals surface area contributed by atoms with E-state index in [1.165, 1.54) is 43.7 Å². The van der Waals surface area contributed by atoms with Gasteiger partial charge in [-0.15, -0.1) is 0 Å². The minimum absolute atomic E-state index is 0.102. The van der Waals surface area contributed by atoms with E-state index in [2.05, 4.69) is 0 Å². The molecule has 0 bridgehead atoms. The van der Waals surface area contributed by atoms with Gasteiger partial charge in [-0.1, -0.05) is 6.07 Å². The van der Waals surface area contributed by atoms with E-state index in [1.807, 2.05) is 0 Å². The van der Waals surface area contributed by atoms with Crippen molar-refractivity contribution >= 4 is 11.0 Å². The van der Waals surface area contributed by atoms with E-state index < -0.39 is 68.5 Å². The maximum absolute atomic E-state index is 13.1. The Morgan fingerprint density at radius 3 is 2.49 bits per heavy atom. The minimum Gasteiger partial charge on any atom is -0.504 e. The Bertz CT molecular complexity index is 1440. The summed E-state index contributed by atoms with van der Waals surface area (Å²) in [6.45, 7) is -1.60. The van der Waals surface area contributed by atoms with E-state index in [4.69, 9.17) is 28.1 Å². The van der Waals surface area contributed by atoms with Gasteiger partial charge in [0, 0.05) is 6.07 Å². The van der Waals surface area contributed by atoms with Crippen molar-refractivity contribution in [1.29, 1.82) is 0 Å². The molecule has 2 aliphatic rings. The van der Waals surface area contributed by atoms with Crippen molar-refractivity contribution in [3.05, 3.63) is 52.9 Å². The minimum atomic E-state index is -1.92. The molecule has 0 amide bonds. The lowest BCUT2D eigenvalue weighted by Gasteiger charge is -2.40. The summed E-state index contributed by atoms with van der Waals surface area (Å²) in [6, 6.07) is 8.73. The fourth-order valence-corrected chi connectivity index (χ4v) is 4.65. The predicted molar refractivity (Wildman–Crippen MR) is 137 cm³/mol. The molecule has 2 aliphatic heterocycles. The molecule has 3 heterocycles. The van der Waals surface area contributed by atoms with E-state index in [-0.39, 0.29) is 39.2 Å². The van der Waals surface area contributed by atoms with Gasteiger partial charge in [-0.25, -0.2) is 0 Å². The second kappa shape index (κ2) is 11.5. The third-order valence-electron chi connectivity index (χ3n) is 7.16. The molecule has 3 aromatic rings. The van der Waals surface area contributed by atoms with Crippen molar-refractivity contribution in [2.24, 2.45) is 0 Å². The van der Waals surface area contributed by atoms with Crippen molar-refractivity contribution in [2.45, 2.75) is 48.7 Å². The van der Waals surface area contributed by atoms with Gasteiger partial charge in [-0.05, 0) is 29.8 Å². The smallest absolute Gasteiger partial charge is 0.229 e. The first-order valence-electron chi connectivity index (χ1n) is 12.6. The second-order valence-electron chi connectivity index (χ2n) is 9.87. The van der Waals surface area contributed by atoms with E-state index >= 15 is 0 Å². The number of hydrogen-bond donors (Lipinski definition) is 7. The third kappa shape index (κ3) is 5.49. The molecule has 8 atom stereocenters. The van der Waals surface area contributed by atoms with Crippen LogP contribution in [0.5, 0.6) is 17.2 Å². The summed E-state index contributed by atoms with van der Waals surface area (Å²) in [5, 5.41) is 71.0. The molecule has 0 spiro atoms. The van der Waals surface area contributed by atoms with Gasteiger partial charge in [0.05, 0.1) is 37.9 Å². The molecule has 41 heavy (non-hydrogen) atoms. The maximum Gasteiger partial charge on any atom is 0.229 e. The van der Waals surface area contributed by atoms with Gasteiger partial charge in [0.25, 0.3) is 0 Å². The van der Waals surface area contributed by atoms with Crippen molar-refractivity contribution in [2.75, 3.05) is 26.9 Å². The SMILES string of the molecule is COc1ccc(-c2coc3cc(O[C@@H]4O[C@H](CO[C@@H]5OC[C@@](O)(CO)[C@H]5O)[C@@H](O)[C@H](O)[C@H]4O)ccc3c2=O)cc1O. The van der Waals surface area contributed by atoms with Crippen LogP contribution < -0.4 is 14.9 Å². The number of rotatable bonds is 8. The van der Waals surface area contributed by atoms with Crippen LogP contribution in [0, 0.1) is 0 Å². The Hall–Kier alpha value is -3.31. The van der Waals surface area contributed by atoms with Crippen molar-refractivity contribution in [1.82, 2.24) is 0 Å². The zero-order chi connectivity index (χ0) is 29.5. The maximum atomic E-state index is 13.1. The third-order valence-corrected chi connectivity index (χ3v) is 7.16. The highest BCUT2D eigenvalue weighted by Crippen LogP contribution is 2.32. The molecule has 0 radical (unpaired) electrons. The molecule has 2 saturated heterocycles. The van der Waals surface area contributed by atoms with E-state index in [0.29, 0.717) is 5.56 Å². The monoisotopic (exact) mass is 578 g/mol. The predicted octanol–water partition coefficient (Wildman–Crippen LogP) is -1.18. The highest BCUT2D eigenvalue weighted by atomic mass is 16.7. The number of fused-ring (bicyclic) bond motifs is 1. The molecule has 2 fully saturated rings. The summed E-state index contributed by atoms with van der Waals surface area (Å²) in [5.74, 6) is 0.205. The second-order valence-corrected chi connectivity index (χ2v) is 9.87. The number of phenolic OH excluding ortho intramolecular Hbond substituents is 1. The van der Waals surface area contributed by atoms with Crippen LogP contribution in [0.15, 0.2) is 51.9 Å². The lowest BCUT2D eigenvalue weighted by Crippen LogP contribution is -2.60. The highest BCUT2D eigenvalue weighted by Gasteiger charge is 2.50. The van der Waals surface area contributed by atoms with Crippen molar-refractivity contribution in [3.8, 4) is 28.4 Å². The van der Waals surface area contributed by atoms with E-state index in [0.717, 1.165) is 0 Å². The Balaban J connectivity index is 1.30. The van der Waals surface area contributed by atoms with Gasteiger partial charge in [0.15, 0.2) is 23.2 Å². The average molecular weight is 579 g/mol. The molecule has 5 rings (SSSR count).